The third-order valence-electron chi connectivity index (χ3n) is 5.36. The molecule has 0 saturated carbocycles. The number of nitrogens with zero attached hydrogens (tertiary/aromatic N) is 3. The number of likely N-dealkylation sites (N-methyl/N-ethyl adjacent to an activating group) is 1. The number of likely N-dealkylation sites (tertiary alicyclic amines) is 1. The third kappa shape index (κ3) is 7.55. The fraction of sp³-hybridized carbons (Fsp3) is 0.500. The molecule has 1 fully saturated rings. The smallest absolute Gasteiger partial charge is 0.191 e. The molecule has 2 N–H and O–H groups in total. The monoisotopic (exact) mass is 527 g/mol. The maximum absolute atomic E-state index is 4.45. The Labute approximate surface area is 196 Å². The van der Waals surface area contributed by atoms with E-state index >= 15 is 0 Å². The van der Waals surface area contributed by atoms with Gasteiger partial charge < -0.3 is 15.5 Å². The number of hydrogen-bond donors (Lipinski definition) is 2. The first-order valence-corrected chi connectivity index (χ1v) is 11.0. The van der Waals surface area contributed by atoms with Gasteiger partial charge in [0.15, 0.2) is 5.96 Å². The summed E-state index contributed by atoms with van der Waals surface area (Å²) in [5.41, 5.74) is 1.40. The van der Waals surface area contributed by atoms with Crippen molar-refractivity contribution in [2.75, 3.05) is 40.8 Å². The topological polar surface area (TPSA) is 42.9 Å². The van der Waals surface area contributed by atoms with Crippen molar-refractivity contribution in [3.05, 3.63) is 58.3 Å². The molecule has 1 aliphatic heterocycles. The van der Waals surface area contributed by atoms with E-state index in [0.29, 0.717) is 12.1 Å². The van der Waals surface area contributed by atoms with E-state index < -0.39 is 0 Å². The predicted octanol–water partition coefficient (Wildman–Crippen LogP) is 3.80. The maximum Gasteiger partial charge on any atom is 0.191 e. The Kier molecular flexibility index (Phi) is 10.4. The van der Waals surface area contributed by atoms with E-state index in [1.807, 2.05) is 18.4 Å². The Morgan fingerprint density at radius 1 is 1.17 bits per heavy atom. The van der Waals surface area contributed by atoms with Crippen LogP contribution >= 0.6 is 35.3 Å². The summed E-state index contributed by atoms with van der Waals surface area (Å²) >= 11 is 1.81. The second kappa shape index (κ2) is 12.5. The fourth-order valence-electron chi connectivity index (χ4n) is 3.68. The van der Waals surface area contributed by atoms with Gasteiger partial charge in [0.2, 0.25) is 0 Å². The predicted molar refractivity (Wildman–Crippen MR) is 135 cm³/mol. The average Bonchev–Trinajstić information content (AvgIpc) is 3.23. The van der Waals surface area contributed by atoms with E-state index in [-0.39, 0.29) is 24.0 Å². The normalized spacial score (nSPS) is 17.0. The van der Waals surface area contributed by atoms with Crippen LogP contribution in [0.4, 0.5) is 0 Å². The van der Waals surface area contributed by atoms with Crippen LogP contribution in [0.25, 0.3) is 0 Å². The van der Waals surface area contributed by atoms with Crippen molar-refractivity contribution in [2.24, 2.45) is 4.99 Å². The van der Waals surface area contributed by atoms with Crippen LogP contribution < -0.4 is 10.6 Å². The highest BCUT2D eigenvalue weighted by Crippen LogP contribution is 2.22. The van der Waals surface area contributed by atoms with E-state index in [1.54, 1.807) is 0 Å². The van der Waals surface area contributed by atoms with Gasteiger partial charge in [0.25, 0.3) is 0 Å². The molecule has 1 aromatic carbocycles. The summed E-state index contributed by atoms with van der Waals surface area (Å²) in [6, 6.07) is 15.9. The summed E-state index contributed by atoms with van der Waals surface area (Å²) in [7, 11) is 6.12. The lowest BCUT2D eigenvalue weighted by atomic mass is 10.0. The van der Waals surface area contributed by atoms with Gasteiger partial charge in [-0.25, -0.2) is 0 Å². The van der Waals surface area contributed by atoms with Crippen LogP contribution in [-0.4, -0.2) is 62.6 Å². The number of piperidine rings is 1. The number of thiophene rings is 1. The SMILES string of the molecule is CN=C(NCC(c1cccs1)N(C)C)NC1CCN(Cc2ccccc2)CC1.I. The summed E-state index contributed by atoms with van der Waals surface area (Å²) in [6.45, 7) is 4.14. The molecule has 0 spiro atoms. The first-order valence-electron chi connectivity index (χ1n) is 10.1. The van der Waals surface area contributed by atoms with Crippen molar-refractivity contribution >= 4 is 41.3 Å². The highest BCUT2D eigenvalue weighted by atomic mass is 127. The van der Waals surface area contributed by atoms with Gasteiger partial charge in [-0.1, -0.05) is 36.4 Å². The number of halogens is 1. The summed E-state index contributed by atoms with van der Waals surface area (Å²) in [5, 5.41) is 9.30. The molecular weight excluding hydrogens is 493 g/mol. The first kappa shape index (κ1) is 24.1. The van der Waals surface area contributed by atoms with Crippen LogP contribution in [0.1, 0.15) is 29.3 Å². The largest absolute Gasteiger partial charge is 0.354 e. The van der Waals surface area contributed by atoms with Gasteiger partial charge in [-0.15, -0.1) is 35.3 Å². The summed E-state index contributed by atoms with van der Waals surface area (Å²) in [4.78, 5) is 10.6. The summed E-state index contributed by atoms with van der Waals surface area (Å²) < 4.78 is 0. The van der Waals surface area contributed by atoms with Gasteiger partial charge >= 0.3 is 0 Å². The Balaban J connectivity index is 0.00000300. The minimum absolute atomic E-state index is 0. The maximum atomic E-state index is 4.45. The van der Waals surface area contributed by atoms with Crippen LogP contribution in [0.15, 0.2) is 52.8 Å². The highest BCUT2D eigenvalue weighted by molar-refractivity contribution is 14.0. The third-order valence-corrected chi connectivity index (χ3v) is 6.33. The summed E-state index contributed by atoms with van der Waals surface area (Å²) in [5.74, 6) is 0.907. The van der Waals surface area contributed by atoms with Crippen molar-refractivity contribution in [2.45, 2.75) is 31.5 Å². The molecule has 2 heterocycles. The molecule has 1 atom stereocenters. The molecule has 160 valence electrons. The molecule has 1 aliphatic rings. The lowest BCUT2D eigenvalue weighted by Crippen LogP contribution is -2.49. The van der Waals surface area contributed by atoms with Gasteiger partial charge in [-0.2, -0.15) is 0 Å². The Hall–Kier alpha value is -1.16. The van der Waals surface area contributed by atoms with Gasteiger partial charge in [0, 0.05) is 44.1 Å². The number of guanidine groups is 1. The molecule has 2 aromatic rings. The number of aliphatic imine (C=N–C) groups is 1. The number of hydrogen-bond acceptors (Lipinski definition) is 4. The van der Waals surface area contributed by atoms with Crippen LogP contribution in [0.2, 0.25) is 0 Å². The molecule has 1 aromatic heterocycles. The standard InChI is InChI=1S/C22H33N5S.HI/c1-23-22(24-16-20(26(2)3)21-10-7-15-28-21)25-19-11-13-27(14-12-19)17-18-8-5-4-6-9-18;/h4-10,15,19-20H,11-14,16-17H2,1-3H3,(H2,23,24,25);1H. The zero-order valence-electron chi connectivity index (χ0n) is 17.7. The molecule has 0 bridgehead atoms. The van der Waals surface area contributed by atoms with Crippen molar-refractivity contribution in [1.29, 1.82) is 0 Å². The Morgan fingerprint density at radius 3 is 2.48 bits per heavy atom. The number of nitrogens with one attached hydrogen (secondary N) is 2. The van der Waals surface area contributed by atoms with Crippen molar-refractivity contribution < 1.29 is 0 Å². The molecule has 29 heavy (non-hydrogen) atoms. The molecule has 0 aliphatic carbocycles. The minimum atomic E-state index is 0. The second-order valence-corrected chi connectivity index (χ2v) is 8.61. The summed E-state index contributed by atoms with van der Waals surface area (Å²) in [6.07, 6.45) is 2.30. The van der Waals surface area contributed by atoms with Gasteiger partial charge in [0.1, 0.15) is 0 Å². The second-order valence-electron chi connectivity index (χ2n) is 7.63. The van der Waals surface area contributed by atoms with E-state index in [1.165, 1.54) is 10.4 Å². The number of rotatable bonds is 7. The number of benzene rings is 1. The molecule has 1 saturated heterocycles. The van der Waals surface area contributed by atoms with Gasteiger partial charge in [0.05, 0.1) is 6.04 Å². The lowest BCUT2D eigenvalue weighted by Gasteiger charge is -2.33. The van der Waals surface area contributed by atoms with Crippen LogP contribution in [0.5, 0.6) is 0 Å². The molecule has 0 radical (unpaired) electrons. The van der Waals surface area contributed by atoms with Crippen LogP contribution in [0, 0.1) is 0 Å². The highest BCUT2D eigenvalue weighted by Gasteiger charge is 2.21. The fourth-order valence-corrected chi connectivity index (χ4v) is 4.60. The van der Waals surface area contributed by atoms with E-state index in [2.05, 4.69) is 87.4 Å². The van der Waals surface area contributed by atoms with Gasteiger partial charge in [-0.05, 0) is 43.9 Å². The van der Waals surface area contributed by atoms with Crippen molar-refractivity contribution in [3.8, 4) is 0 Å². The zero-order valence-corrected chi connectivity index (χ0v) is 20.8. The van der Waals surface area contributed by atoms with E-state index in [0.717, 1.165) is 45.0 Å². The van der Waals surface area contributed by atoms with Gasteiger partial charge in [-0.3, -0.25) is 9.89 Å². The first-order chi connectivity index (χ1) is 13.7. The van der Waals surface area contributed by atoms with E-state index in [9.17, 15) is 0 Å². The minimum Gasteiger partial charge on any atom is -0.354 e. The lowest BCUT2D eigenvalue weighted by molar-refractivity contribution is 0.198. The Bertz CT molecular complexity index is 712. The molecule has 7 heteroatoms. The zero-order chi connectivity index (χ0) is 19.8. The van der Waals surface area contributed by atoms with E-state index in [4.69, 9.17) is 0 Å². The quantitative estimate of drug-likeness (QED) is 0.327. The molecule has 1 unspecified atom stereocenters. The molecular formula is C22H34IN5S. The van der Waals surface area contributed by atoms with Crippen LogP contribution in [-0.2, 0) is 6.54 Å². The van der Waals surface area contributed by atoms with Crippen molar-refractivity contribution in [1.82, 2.24) is 20.4 Å². The van der Waals surface area contributed by atoms with Crippen molar-refractivity contribution in [3.63, 3.8) is 0 Å². The molecule has 5 nitrogen and oxygen atoms in total. The Morgan fingerprint density at radius 2 is 1.90 bits per heavy atom. The average molecular weight is 528 g/mol. The molecule has 0 amide bonds. The molecule has 3 rings (SSSR count). The van der Waals surface area contributed by atoms with Crippen LogP contribution in [0.3, 0.4) is 0 Å².